The van der Waals surface area contributed by atoms with Gasteiger partial charge in [-0.2, -0.15) is 0 Å². The van der Waals surface area contributed by atoms with E-state index in [-0.39, 0.29) is 5.78 Å². The zero-order valence-corrected chi connectivity index (χ0v) is 6.70. The van der Waals surface area contributed by atoms with Crippen molar-refractivity contribution in [3.8, 4) is 0 Å². The first kappa shape index (κ1) is 8.01. The van der Waals surface area contributed by atoms with Crippen molar-refractivity contribution < 1.29 is 9.21 Å². The third-order valence-electron chi connectivity index (χ3n) is 1.30. The lowest BCUT2D eigenvalue weighted by Gasteiger charge is -2.05. The zero-order valence-electron chi connectivity index (χ0n) is 6.70. The molecule has 0 fully saturated rings. The van der Waals surface area contributed by atoms with E-state index in [1.807, 2.05) is 19.0 Å². The Balaban J connectivity index is 2.57. The van der Waals surface area contributed by atoms with E-state index >= 15 is 0 Å². The SMILES string of the molecule is CN(C)CC(=O)c1ccoc1. The largest absolute Gasteiger partial charge is 0.472 e. The first-order valence-electron chi connectivity index (χ1n) is 3.40. The molecule has 0 bridgehead atoms. The second-order valence-electron chi connectivity index (χ2n) is 2.67. The molecule has 0 spiro atoms. The van der Waals surface area contributed by atoms with E-state index in [2.05, 4.69) is 0 Å². The second kappa shape index (κ2) is 3.34. The van der Waals surface area contributed by atoms with Crippen molar-refractivity contribution in [3.63, 3.8) is 0 Å². The molecule has 0 aliphatic heterocycles. The van der Waals surface area contributed by atoms with E-state index in [1.54, 1.807) is 6.07 Å². The number of nitrogens with zero attached hydrogens (tertiary/aromatic N) is 1. The van der Waals surface area contributed by atoms with Crippen LogP contribution in [0.2, 0.25) is 0 Å². The summed E-state index contributed by atoms with van der Waals surface area (Å²) in [4.78, 5) is 13.0. The Morgan fingerprint density at radius 3 is 2.82 bits per heavy atom. The molecule has 0 atom stereocenters. The van der Waals surface area contributed by atoms with Crippen molar-refractivity contribution >= 4 is 5.78 Å². The van der Waals surface area contributed by atoms with Gasteiger partial charge in [0.05, 0.1) is 18.4 Å². The Labute approximate surface area is 65.6 Å². The maximum absolute atomic E-state index is 11.2. The number of ketones is 1. The number of furan rings is 1. The van der Waals surface area contributed by atoms with E-state index in [9.17, 15) is 4.79 Å². The number of carbonyl (C=O) groups excluding carboxylic acids is 1. The number of likely N-dealkylation sites (N-methyl/N-ethyl adjacent to an activating group) is 1. The third-order valence-corrected chi connectivity index (χ3v) is 1.30. The van der Waals surface area contributed by atoms with Gasteiger partial charge in [-0.15, -0.1) is 0 Å². The Kier molecular flexibility index (Phi) is 2.44. The van der Waals surface area contributed by atoms with Crippen molar-refractivity contribution in [3.05, 3.63) is 24.2 Å². The number of carbonyl (C=O) groups is 1. The van der Waals surface area contributed by atoms with Crippen LogP contribution in [0.1, 0.15) is 10.4 Å². The number of rotatable bonds is 3. The number of hydrogen-bond donors (Lipinski definition) is 0. The number of Topliss-reactive ketones (excluding diaryl/α,β-unsaturated/α-hetero) is 1. The lowest BCUT2D eigenvalue weighted by Crippen LogP contribution is -2.21. The van der Waals surface area contributed by atoms with Gasteiger partial charge >= 0.3 is 0 Å². The molecule has 0 amide bonds. The van der Waals surface area contributed by atoms with Gasteiger partial charge in [0.2, 0.25) is 0 Å². The van der Waals surface area contributed by atoms with Crippen LogP contribution in [0, 0.1) is 0 Å². The summed E-state index contributed by atoms with van der Waals surface area (Å²) >= 11 is 0. The molecule has 0 aliphatic carbocycles. The summed E-state index contributed by atoms with van der Waals surface area (Å²) in [6.07, 6.45) is 2.97. The highest BCUT2D eigenvalue weighted by molar-refractivity contribution is 5.97. The van der Waals surface area contributed by atoms with Crippen LogP contribution < -0.4 is 0 Å². The summed E-state index contributed by atoms with van der Waals surface area (Å²) < 4.78 is 4.78. The number of hydrogen-bond acceptors (Lipinski definition) is 3. The second-order valence-corrected chi connectivity index (χ2v) is 2.67. The summed E-state index contributed by atoms with van der Waals surface area (Å²) in [5, 5.41) is 0. The van der Waals surface area contributed by atoms with E-state index in [1.165, 1.54) is 12.5 Å². The molecular weight excluding hydrogens is 142 g/mol. The topological polar surface area (TPSA) is 33.5 Å². The van der Waals surface area contributed by atoms with Gasteiger partial charge < -0.3 is 9.32 Å². The fraction of sp³-hybridized carbons (Fsp3) is 0.375. The van der Waals surface area contributed by atoms with Crippen LogP contribution >= 0.6 is 0 Å². The van der Waals surface area contributed by atoms with Gasteiger partial charge in [-0.3, -0.25) is 4.79 Å². The summed E-state index contributed by atoms with van der Waals surface area (Å²) in [5.41, 5.74) is 0.638. The average molecular weight is 153 g/mol. The van der Waals surface area contributed by atoms with E-state index in [0.29, 0.717) is 12.1 Å². The van der Waals surface area contributed by atoms with Crippen molar-refractivity contribution in [1.29, 1.82) is 0 Å². The normalized spacial score (nSPS) is 10.5. The van der Waals surface area contributed by atoms with Crippen molar-refractivity contribution in [2.45, 2.75) is 0 Å². The summed E-state index contributed by atoms with van der Waals surface area (Å²) in [6, 6.07) is 1.67. The van der Waals surface area contributed by atoms with Gasteiger partial charge in [-0.05, 0) is 20.2 Å². The Bertz CT molecular complexity index is 226. The highest BCUT2D eigenvalue weighted by Crippen LogP contribution is 2.01. The Morgan fingerprint density at radius 2 is 2.36 bits per heavy atom. The fourth-order valence-electron chi connectivity index (χ4n) is 0.802. The maximum atomic E-state index is 11.2. The van der Waals surface area contributed by atoms with Crippen LogP contribution in [0.15, 0.2) is 23.0 Å². The quantitative estimate of drug-likeness (QED) is 0.608. The van der Waals surface area contributed by atoms with Crippen molar-refractivity contribution in [1.82, 2.24) is 4.90 Å². The van der Waals surface area contributed by atoms with Crippen LogP contribution in [0.3, 0.4) is 0 Å². The Hall–Kier alpha value is -1.09. The van der Waals surface area contributed by atoms with Crippen molar-refractivity contribution in [2.24, 2.45) is 0 Å². The molecule has 3 nitrogen and oxygen atoms in total. The lowest BCUT2D eigenvalue weighted by molar-refractivity contribution is 0.0957. The van der Waals surface area contributed by atoms with Gasteiger partial charge in [0, 0.05) is 0 Å². The lowest BCUT2D eigenvalue weighted by atomic mass is 10.2. The fourth-order valence-corrected chi connectivity index (χ4v) is 0.802. The predicted molar refractivity (Wildman–Crippen MR) is 41.6 cm³/mol. The molecule has 1 rings (SSSR count). The minimum absolute atomic E-state index is 0.0868. The molecule has 0 N–H and O–H groups in total. The van der Waals surface area contributed by atoms with Gasteiger partial charge in [0.15, 0.2) is 5.78 Å². The van der Waals surface area contributed by atoms with Gasteiger partial charge in [-0.25, -0.2) is 0 Å². The average Bonchev–Trinajstić information content (AvgIpc) is 2.35. The Morgan fingerprint density at radius 1 is 1.64 bits per heavy atom. The van der Waals surface area contributed by atoms with Crippen molar-refractivity contribution in [2.75, 3.05) is 20.6 Å². The molecule has 0 radical (unpaired) electrons. The van der Waals surface area contributed by atoms with Crippen LogP contribution in [-0.2, 0) is 0 Å². The molecule has 11 heavy (non-hydrogen) atoms. The van der Waals surface area contributed by atoms with Gasteiger partial charge in [-0.1, -0.05) is 0 Å². The molecule has 1 aromatic heterocycles. The first-order chi connectivity index (χ1) is 5.20. The molecule has 0 saturated heterocycles. The van der Waals surface area contributed by atoms with Crippen LogP contribution in [-0.4, -0.2) is 31.3 Å². The summed E-state index contributed by atoms with van der Waals surface area (Å²) in [7, 11) is 3.72. The van der Waals surface area contributed by atoms with E-state index < -0.39 is 0 Å². The highest BCUT2D eigenvalue weighted by atomic mass is 16.3. The standard InChI is InChI=1S/C8H11NO2/c1-9(2)5-8(10)7-3-4-11-6-7/h3-4,6H,5H2,1-2H3. The van der Waals surface area contributed by atoms with Crippen LogP contribution in [0.5, 0.6) is 0 Å². The molecule has 0 saturated carbocycles. The maximum Gasteiger partial charge on any atom is 0.180 e. The highest BCUT2D eigenvalue weighted by Gasteiger charge is 2.06. The molecular formula is C8H11NO2. The molecule has 0 aromatic carbocycles. The van der Waals surface area contributed by atoms with Crippen LogP contribution in [0.25, 0.3) is 0 Å². The predicted octanol–water partition coefficient (Wildman–Crippen LogP) is 1.02. The summed E-state index contributed by atoms with van der Waals surface area (Å²) in [6.45, 7) is 0.430. The molecule has 0 aliphatic rings. The smallest absolute Gasteiger partial charge is 0.180 e. The molecule has 3 heteroatoms. The first-order valence-corrected chi connectivity index (χ1v) is 3.40. The monoisotopic (exact) mass is 153 g/mol. The molecule has 1 heterocycles. The van der Waals surface area contributed by atoms with E-state index in [0.717, 1.165) is 0 Å². The molecule has 0 unspecified atom stereocenters. The van der Waals surface area contributed by atoms with Crippen LogP contribution in [0.4, 0.5) is 0 Å². The van der Waals surface area contributed by atoms with E-state index in [4.69, 9.17) is 4.42 Å². The minimum atomic E-state index is 0.0868. The summed E-state index contributed by atoms with van der Waals surface area (Å²) in [5.74, 6) is 0.0868. The zero-order chi connectivity index (χ0) is 8.27. The van der Waals surface area contributed by atoms with Gasteiger partial charge in [0.1, 0.15) is 6.26 Å². The minimum Gasteiger partial charge on any atom is -0.472 e. The van der Waals surface area contributed by atoms with Gasteiger partial charge in [0.25, 0.3) is 0 Å². The molecule has 1 aromatic rings. The third kappa shape index (κ3) is 2.20. The molecule has 60 valence electrons.